The summed E-state index contributed by atoms with van der Waals surface area (Å²) in [6.45, 7) is 3.98. The molecule has 110 valence electrons. The van der Waals surface area contributed by atoms with E-state index in [0.29, 0.717) is 12.8 Å². The first-order valence-corrected chi connectivity index (χ1v) is 7.12. The minimum Gasteiger partial charge on any atom is -0.481 e. The van der Waals surface area contributed by atoms with Gasteiger partial charge in [0, 0.05) is 13.0 Å². The second kappa shape index (κ2) is 7.68. The second-order valence-electron chi connectivity index (χ2n) is 4.99. The van der Waals surface area contributed by atoms with Crippen LogP contribution in [0.4, 0.5) is 0 Å². The SMILES string of the molecule is CCCCC(=O)NCC(CC)(C(=O)O)c1ccccc1. The van der Waals surface area contributed by atoms with Gasteiger partial charge in [-0.25, -0.2) is 0 Å². The van der Waals surface area contributed by atoms with Crippen molar-refractivity contribution < 1.29 is 14.7 Å². The first-order valence-electron chi connectivity index (χ1n) is 7.12. The molecule has 0 heterocycles. The highest BCUT2D eigenvalue weighted by molar-refractivity contribution is 5.83. The molecule has 0 saturated carbocycles. The zero-order chi connectivity index (χ0) is 15.0. The number of benzene rings is 1. The molecule has 0 aliphatic carbocycles. The smallest absolute Gasteiger partial charge is 0.315 e. The van der Waals surface area contributed by atoms with Crippen LogP contribution in [0.2, 0.25) is 0 Å². The molecule has 0 aromatic heterocycles. The van der Waals surface area contributed by atoms with E-state index in [2.05, 4.69) is 5.32 Å². The van der Waals surface area contributed by atoms with Crippen LogP contribution < -0.4 is 5.32 Å². The summed E-state index contributed by atoms with van der Waals surface area (Å²) < 4.78 is 0. The average molecular weight is 277 g/mol. The lowest BCUT2D eigenvalue weighted by atomic mass is 9.78. The molecule has 1 aromatic carbocycles. The van der Waals surface area contributed by atoms with Gasteiger partial charge in [-0.2, -0.15) is 0 Å². The predicted molar refractivity (Wildman–Crippen MR) is 78.6 cm³/mol. The Bertz CT molecular complexity index is 444. The summed E-state index contributed by atoms with van der Waals surface area (Å²) in [7, 11) is 0. The Balaban J connectivity index is 2.85. The van der Waals surface area contributed by atoms with Crippen molar-refractivity contribution in [3.63, 3.8) is 0 Å². The fourth-order valence-corrected chi connectivity index (χ4v) is 2.21. The quantitative estimate of drug-likeness (QED) is 0.767. The Morgan fingerprint density at radius 1 is 1.20 bits per heavy atom. The number of carbonyl (C=O) groups is 2. The van der Waals surface area contributed by atoms with E-state index in [-0.39, 0.29) is 12.5 Å². The Labute approximate surface area is 120 Å². The number of carbonyl (C=O) groups excluding carboxylic acids is 1. The summed E-state index contributed by atoms with van der Waals surface area (Å²) in [5.41, 5.74) is -0.325. The second-order valence-corrected chi connectivity index (χ2v) is 4.99. The molecule has 1 atom stereocenters. The molecule has 4 heteroatoms. The molecule has 0 fully saturated rings. The highest BCUT2D eigenvalue weighted by Crippen LogP contribution is 2.27. The highest BCUT2D eigenvalue weighted by Gasteiger charge is 2.38. The molecule has 0 aliphatic rings. The molecule has 1 unspecified atom stereocenters. The molecular formula is C16H23NO3. The summed E-state index contributed by atoms with van der Waals surface area (Å²) in [5, 5.41) is 12.4. The Morgan fingerprint density at radius 3 is 2.35 bits per heavy atom. The average Bonchev–Trinajstić information content (AvgIpc) is 2.47. The van der Waals surface area contributed by atoms with Crippen LogP contribution in [0.15, 0.2) is 30.3 Å². The van der Waals surface area contributed by atoms with E-state index in [0.717, 1.165) is 18.4 Å². The molecule has 0 spiro atoms. The van der Waals surface area contributed by atoms with E-state index in [1.807, 2.05) is 32.0 Å². The van der Waals surface area contributed by atoms with Crippen molar-refractivity contribution in [1.29, 1.82) is 0 Å². The van der Waals surface area contributed by atoms with Crippen molar-refractivity contribution >= 4 is 11.9 Å². The number of unbranched alkanes of at least 4 members (excludes halogenated alkanes) is 1. The maximum atomic E-state index is 11.7. The monoisotopic (exact) mass is 277 g/mol. The van der Waals surface area contributed by atoms with Gasteiger partial charge < -0.3 is 10.4 Å². The standard InChI is InChI=1S/C16H23NO3/c1-3-5-11-14(18)17-12-16(4-2,15(19)20)13-9-7-6-8-10-13/h6-10H,3-5,11-12H2,1-2H3,(H,17,18)(H,19,20). The lowest BCUT2D eigenvalue weighted by Crippen LogP contribution is -2.46. The number of amides is 1. The zero-order valence-electron chi connectivity index (χ0n) is 12.2. The van der Waals surface area contributed by atoms with E-state index in [4.69, 9.17) is 0 Å². The third-order valence-electron chi connectivity index (χ3n) is 3.68. The van der Waals surface area contributed by atoms with Gasteiger partial charge in [0.05, 0.1) is 0 Å². The summed E-state index contributed by atoms with van der Waals surface area (Å²) >= 11 is 0. The Kier molecular flexibility index (Phi) is 6.22. The fraction of sp³-hybridized carbons (Fsp3) is 0.500. The van der Waals surface area contributed by atoms with Crippen molar-refractivity contribution in [3.8, 4) is 0 Å². The van der Waals surface area contributed by atoms with Gasteiger partial charge in [0.25, 0.3) is 0 Å². The molecule has 1 rings (SSSR count). The minimum atomic E-state index is -1.05. The number of aliphatic carboxylic acids is 1. The number of carboxylic acid groups (broad SMARTS) is 1. The number of nitrogens with one attached hydrogen (secondary N) is 1. The molecule has 4 nitrogen and oxygen atoms in total. The van der Waals surface area contributed by atoms with Gasteiger partial charge in [-0.1, -0.05) is 50.6 Å². The molecule has 0 saturated heterocycles. The number of carboxylic acids is 1. The predicted octanol–water partition coefficient (Wildman–Crippen LogP) is 2.73. The summed E-state index contributed by atoms with van der Waals surface area (Å²) in [6, 6.07) is 9.10. The number of hydrogen-bond donors (Lipinski definition) is 2. The molecule has 20 heavy (non-hydrogen) atoms. The van der Waals surface area contributed by atoms with Crippen molar-refractivity contribution in [2.75, 3.05) is 6.54 Å². The third kappa shape index (κ3) is 3.83. The molecule has 1 aromatic rings. The van der Waals surface area contributed by atoms with Gasteiger partial charge in [-0.05, 0) is 18.4 Å². The molecule has 0 aliphatic heterocycles. The van der Waals surface area contributed by atoms with Crippen molar-refractivity contribution in [3.05, 3.63) is 35.9 Å². The highest BCUT2D eigenvalue weighted by atomic mass is 16.4. The summed E-state index contributed by atoms with van der Waals surface area (Å²) in [4.78, 5) is 23.4. The van der Waals surface area contributed by atoms with Gasteiger partial charge in [0.2, 0.25) is 5.91 Å². The van der Waals surface area contributed by atoms with E-state index < -0.39 is 11.4 Å². The van der Waals surface area contributed by atoms with E-state index in [9.17, 15) is 14.7 Å². The normalized spacial score (nSPS) is 13.5. The number of hydrogen-bond acceptors (Lipinski definition) is 2. The summed E-state index contributed by atoms with van der Waals surface area (Å²) in [5.74, 6) is -0.983. The molecule has 0 radical (unpaired) electrons. The molecule has 0 bridgehead atoms. The van der Waals surface area contributed by atoms with Crippen molar-refractivity contribution in [1.82, 2.24) is 5.32 Å². The van der Waals surface area contributed by atoms with Crippen LogP contribution in [-0.4, -0.2) is 23.5 Å². The van der Waals surface area contributed by atoms with E-state index >= 15 is 0 Å². The van der Waals surface area contributed by atoms with Gasteiger partial charge >= 0.3 is 5.97 Å². The van der Waals surface area contributed by atoms with Crippen LogP contribution in [0.25, 0.3) is 0 Å². The minimum absolute atomic E-state index is 0.0816. The molecule has 1 amide bonds. The summed E-state index contributed by atoms with van der Waals surface area (Å²) in [6.07, 6.45) is 2.65. The van der Waals surface area contributed by atoms with E-state index in [1.54, 1.807) is 12.1 Å². The Morgan fingerprint density at radius 2 is 1.85 bits per heavy atom. The van der Waals surface area contributed by atoms with Gasteiger partial charge in [0.15, 0.2) is 0 Å². The van der Waals surface area contributed by atoms with Gasteiger partial charge in [0.1, 0.15) is 5.41 Å². The first kappa shape index (κ1) is 16.2. The Hall–Kier alpha value is -1.84. The lowest BCUT2D eigenvalue weighted by Gasteiger charge is -2.29. The van der Waals surface area contributed by atoms with Crippen LogP contribution in [0.5, 0.6) is 0 Å². The fourth-order valence-electron chi connectivity index (χ4n) is 2.21. The van der Waals surface area contributed by atoms with Crippen molar-refractivity contribution in [2.24, 2.45) is 0 Å². The topological polar surface area (TPSA) is 66.4 Å². The van der Waals surface area contributed by atoms with Crippen LogP contribution in [0.1, 0.15) is 45.1 Å². The number of rotatable bonds is 8. The largest absolute Gasteiger partial charge is 0.481 e. The third-order valence-corrected chi connectivity index (χ3v) is 3.68. The molecule has 2 N–H and O–H groups in total. The zero-order valence-corrected chi connectivity index (χ0v) is 12.2. The first-order chi connectivity index (χ1) is 9.56. The van der Waals surface area contributed by atoms with Gasteiger partial charge in [-0.15, -0.1) is 0 Å². The molecular weight excluding hydrogens is 254 g/mol. The van der Waals surface area contributed by atoms with Gasteiger partial charge in [-0.3, -0.25) is 9.59 Å². The van der Waals surface area contributed by atoms with Crippen LogP contribution >= 0.6 is 0 Å². The van der Waals surface area contributed by atoms with Crippen LogP contribution in [-0.2, 0) is 15.0 Å². The lowest BCUT2D eigenvalue weighted by molar-refractivity contribution is -0.144. The van der Waals surface area contributed by atoms with Crippen molar-refractivity contribution in [2.45, 2.75) is 44.9 Å². The van der Waals surface area contributed by atoms with Crippen LogP contribution in [0.3, 0.4) is 0 Å². The maximum absolute atomic E-state index is 11.7. The van der Waals surface area contributed by atoms with E-state index in [1.165, 1.54) is 0 Å². The van der Waals surface area contributed by atoms with Crippen LogP contribution in [0, 0.1) is 0 Å². The maximum Gasteiger partial charge on any atom is 0.315 e.